The molecule has 1 atom stereocenters. The van der Waals surface area contributed by atoms with Crippen LogP contribution in [0.1, 0.15) is 19.2 Å². The molecule has 1 aliphatic rings. The highest BCUT2D eigenvalue weighted by Gasteiger charge is 2.28. The van der Waals surface area contributed by atoms with Crippen molar-refractivity contribution in [3.05, 3.63) is 24.1 Å². The highest BCUT2D eigenvalue weighted by atomic mass is 16.3. The van der Waals surface area contributed by atoms with Gasteiger partial charge in [0.15, 0.2) is 11.5 Å². The summed E-state index contributed by atoms with van der Waals surface area (Å²) in [6, 6.07) is 5.54. The number of aromatic nitrogens is 1. The second kappa shape index (κ2) is 4.10. The van der Waals surface area contributed by atoms with E-state index in [4.69, 9.17) is 10.2 Å². The number of anilines is 1. The minimum Gasteiger partial charge on any atom is -0.441 e. The lowest BCUT2D eigenvalue weighted by Gasteiger charge is -2.15. The third-order valence-electron chi connectivity index (χ3n) is 3.18. The van der Waals surface area contributed by atoms with Gasteiger partial charge in [-0.15, -0.1) is 0 Å². The largest absolute Gasteiger partial charge is 0.441 e. The van der Waals surface area contributed by atoms with E-state index in [1.807, 2.05) is 25.1 Å². The Kier molecular flexibility index (Phi) is 2.56. The van der Waals surface area contributed by atoms with Gasteiger partial charge in [-0.05, 0) is 18.2 Å². The molecular formula is C13H15N3O2. The quantitative estimate of drug-likeness (QED) is 0.869. The molecule has 0 saturated carbocycles. The number of carbonyl (C=O) groups excluding carboxylic acids is 1. The Morgan fingerprint density at radius 3 is 3.06 bits per heavy atom. The summed E-state index contributed by atoms with van der Waals surface area (Å²) in [5.41, 5.74) is 8.18. The summed E-state index contributed by atoms with van der Waals surface area (Å²) in [4.78, 5) is 17.9. The molecule has 1 amide bonds. The van der Waals surface area contributed by atoms with Crippen LogP contribution in [-0.4, -0.2) is 23.5 Å². The topological polar surface area (TPSA) is 72.4 Å². The molecule has 3 rings (SSSR count). The number of rotatable bonds is 2. The summed E-state index contributed by atoms with van der Waals surface area (Å²) in [6.07, 6.45) is 1.18. The monoisotopic (exact) mass is 245 g/mol. The van der Waals surface area contributed by atoms with Crippen molar-refractivity contribution in [2.24, 2.45) is 5.73 Å². The number of amides is 1. The zero-order valence-corrected chi connectivity index (χ0v) is 10.2. The zero-order valence-electron chi connectivity index (χ0n) is 10.2. The van der Waals surface area contributed by atoms with Gasteiger partial charge in [0.1, 0.15) is 5.52 Å². The van der Waals surface area contributed by atoms with Crippen LogP contribution in [0.4, 0.5) is 5.69 Å². The molecule has 1 aromatic carbocycles. The number of nitrogens with zero attached hydrogens (tertiary/aromatic N) is 2. The number of hydrogen-bond acceptors (Lipinski definition) is 4. The van der Waals surface area contributed by atoms with Crippen molar-refractivity contribution in [1.82, 2.24) is 4.98 Å². The van der Waals surface area contributed by atoms with Crippen LogP contribution in [0.5, 0.6) is 0 Å². The predicted octanol–water partition coefficient (Wildman–Crippen LogP) is 1.45. The molecule has 0 spiro atoms. The fourth-order valence-electron chi connectivity index (χ4n) is 2.27. The van der Waals surface area contributed by atoms with E-state index in [1.165, 1.54) is 0 Å². The van der Waals surface area contributed by atoms with E-state index in [2.05, 4.69) is 4.98 Å². The first-order valence-corrected chi connectivity index (χ1v) is 6.13. The van der Waals surface area contributed by atoms with Crippen molar-refractivity contribution >= 4 is 22.7 Å². The molecule has 1 saturated heterocycles. The molecule has 0 bridgehead atoms. The summed E-state index contributed by atoms with van der Waals surface area (Å²) < 4.78 is 5.54. The summed E-state index contributed by atoms with van der Waals surface area (Å²) in [7, 11) is 0. The van der Waals surface area contributed by atoms with Gasteiger partial charge < -0.3 is 15.1 Å². The number of carbonyl (C=O) groups is 1. The SMILES string of the molecule is CCc1nc2cc(N3CC(N)CC3=O)ccc2o1. The van der Waals surface area contributed by atoms with E-state index in [-0.39, 0.29) is 11.9 Å². The molecule has 1 aliphatic heterocycles. The maximum atomic E-state index is 11.8. The van der Waals surface area contributed by atoms with Crippen molar-refractivity contribution in [3.8, 4) is 0 Å². The molecule has 1 unspecified atom stereocenters. The van der Waals surface area contributed by atoms with Gasteiger partial charge in [0.05, 0.1) is 0 Å². The molecule has 5 heteroatoms. The van der Waals surface area contributed by atoms with Gasteiger partial charge in [0.2, 0.25) is 5.91 Å². The number of benzene rings is 1. The van der Waals surface area contributed by atoms with Gasteiger partial charge >= 0.3 is 0 Å². The van der Waals surface area contributed by atoms with Crippen LogP contribution in [0.25, 0.3) is 11.1 Å². The lowest BCUT2D eigenvalue weighted by Crippen LogP contribution is -2.27. The fourth-order valence-corrected chi connectivity index (χ4v) is 2.27. The highest BCUT2D eigenvalue weighted by molar-refractivity contribution is 5.97. The number of oxazole rings is 1. The number of hydrogen-bond donors (Lipinski definition) is 1. The summed E-state index contributed by atoms with van der Waals surface area (Å²) in [5.74, 6) is 0.785. The van der Waals surface area contributed by atoms with Gasteiger partial charge in [0.25, 0.3) is 0 Å². The number of aryl methyl sites for hydroxylation is 1. The Morgan fingerprint density at radius 1 is 1.56 bits per heavy atom. The van der Waals surface area contributed by atoms with Crippen LogP contribution in [0.2, 0.25) is 0 Å². The normalized spacial score (nSPS) is 20.0. The Morgan fingerprint density at radius 2 is 2.39 bits per heavy atom. The third kappa shape index (κ3) is 1.76. The Labute approximate surface area is 105 Å². The summed E-state index contributed by atoms with van der Waals surface area (Å²) in [6.45, 7) is 2.57. The molecule has 5 nitrogen and oxygen atoms in total. The molecule has 1 fully saturated rings. The molecule has 18 heavy (non-hydrogen) atoms. The van der Waals surface area contributed by atoms with Crippen molar-refractivity contribution in [3.63, 3.8) is 0 Å². The smallest absolute Gasteiger partial charge is 0.228 e. The van der Waals surface area contributed by atoms with Crippen molar-refractivity contribution in [1.29, 1.82) is 0 Å². The molecule has 2 heterocycles. The minimum atomic E-state index is -0.0725. The molecule has 0 aliphatic carbocycles. The van der Waals surface area contributed by atoms with Crippen LogP contribution >= 0.6 is 0 Å². The van der Waals surface area contributed by atoms with Crippen LogP contribution < -0.4 is 10.6 Å². The van der Waals surface area contributed by atoms with Gasteiger partial charge in [-0.2, -0.15) is 0 Å². The minimum absolute atomic E-state index is 0.0704. The molecule has 2 aromatic rings. The standard InChI is InChI=1S/C13H15N3O2/c1-2-12-15-10-6-9(3-4-11(10)18-12)16-7-8(14)5-13(16)17/h3-4,6,8H,2,5,7,14H2,1H3. The van der Waals surface area contributed by atoms with E-state index < -0.39 is 0 Å². The predicted molar refractivity (Wildman–Crippen MR) is 68.3 cm³/mol. The van der Waals surface area contributed by atoms with Gasteiger partial charge in [-0.1, -0.05) is 6.92 Å². The lowest BCUT2D eigenvalue weighted by molar-refractivity contribution is -0.117. The third-order valence-corrected chi connectivity index (χ3v) is 3.18. The first kappa shape index (κ1) is 11.2. The van der Waals surface area contributed by atoms with E-state index >= 15 is 0 Å². The van der Waals surface area contributed by atoms with Crippen LogP contribution in [0.3, 0.4) is 0 Å². The van der Waals surface area contributed by atoms with Gasteiger partial charge in [0, 0.05) is 31.1 Å². The summed E-state index contributed by atoms with van der Waals surface area (Å²) >= 11 is 0. The van der Waals surface area contributed by atoms with Gasteiger partial charge in [-0.25, -0.2) is 4.98 Å². The van der Waals surface area contributed by atoms with E-state index in [9.17, 15) is 4.79 Å². The van der Waals surface area contributed by atoms with Crippen molar-refractivity contribution < 1.29 is 9.21 Å². The molecule has 1 aromatic heterocycles. The van der Waals surface area contributed by atoms with Crippen molar-refractivity contribution in [2.45, 2.75) is 25.8 Å². The first-order chi connectivity index (χ1) is 8.67. The van der Waals surface area contributed by atoms with E-state index in [1.54, 1.807) is 4.90 Å². The lowest BCUT2D eigenvalue weighted by atomic mass is 10.2. The highest BCUT2D eigenvalue weighted by Crippen LogP contribution is 2.25. The summed E-state index contributed by atoms with van der Waals surface area (Å²) in [5, 5.41) is 0. The van der Waals surface area contributed by atoms with Crippen LogP contribution in [0, 0.1) is 0 Å². The average Bonchev–Trinajstić information content (AvgIpc) is 2.90. The average molecular weight is 245 g/mol. The van der Waals surface area contributed by atoms with E-state index in [0.29, 0.717) is 18.9 Å². The Bertz CT molecular complexity index is 605. The van der Waals surface area contributed by atoms with E-state index in [0.717, 1.165) is 23.2 Å². The Balaban J connectivity index is 2.00. The molecular weight excluding hydrogens is 230 g/mol. The van der Waals surface area contributed by atoms with Crippen LogP contribution in [0.15, 0.2) is 22.6 Å². The number of nitrogens with two attached hydrogens (primary N) is 1. The maximum absolute atomic E-state index is 11.8. The van der Waals surface area contributed by atoms with Crippen LogP contribution in [-0.2, 0) is 11.2 Å². The fraction of sp³-hybridized carbons (Fsp3) is 0.385. The number of fused-ring (bicyclic) bond motifs is 1. The second-order valence-corrected chi connectivity index (χ2v) is 4.58. The first-order valence-electron chi connectivity index (χ1n) is 6.13. The van der Waals surface area contributed by atoms with Gasteiger partial charge in [-0.3, -0.25) is 4.79 Å². The zero-order chi connectivity index (χ0) is 12.7. The molecule has 0 radical (unpaired) electrons. The molecule has 94 valence electrons. The maximum Gasteiger partial charge on any atom is 0.228 e. The second-order valence-electron chi connectivity index (χ2n) is 4.58. The molecule has 2 N–H and O–H groups in total. The van der Waals surface area contributed by atoms with Crippen molar-refractivity contribution in [2.75, 3.05) is 11.4 Å². The Hall–Kier alpha value is -1.88.